The topological polar surface area (TPSA) is 84.2 Å². The van der Waals surface area contributed by atoms with E-state index in [9.17, 15) is 9.59 Å². The molecule has 5 heteroatoms. The molecule has 0 radical (unpaired) electrons. The Kier molecular flexibility index (Phi) is 3.25. The Morgan fingerprint density at radius 1 is 1.77 bits per heavy atom. The lowest BCUT2D eigenvalue weighted by Crippen LogP contribution is -2.53. The number of nitrogens with two attached hydrogens (primary N) is 1. The van der Waals surface area contributed by atoms with E-state index in [2.05, 4.69) is 10.6 Å². The van der Waals surface area contributed by atoms with E-state index in [1.165, 1.54) is 0 Å². The standard InChI is InChI=1S/C8H15N3O2/c1-5(7(9)12)11-6-3-2-4-10-8(6)13/h5-6,11H,2-4H2,1H3,(H2,9,12)(H,10,13). The zero-order valence-electron chi connectivity index (χ0n) is 7.67. The van der Waals surface area contributed by atoms with Crippen LogP contribution < -0.4 is 16.4 Å². The van der Waals surface area contributed by atoms with E-state index in [0.29, 0.717) is 0 Å². The fourth-order valence-corrected chi connectivity index (χ4v) is 1.31. The number of carbonyl (C=O) groups is 2. The average Bonchev–Trinajstić information content (AvgIpc) is 2.08. The summed E-state index contributed by atoms with van der Waals surface area (Å²) in [7, 11) is 0. The quantitative estimate of drug-likeness (QED) is 0.512. The highest BCUT2D eigenvalue weighted by Gasteiger charge is 2.24. The third kappa shape index (κ3) is 2.69. The summed E-state index contributed by atoms with van der Waals surface area (Å²) in [6.07, 6.45) is 1.71. The van der Waals surface area contributed by atoms with Crippen molar-refractivity contribution in [1.29, 1.82) is 0 Å². The first kappa shape index (κ1) is 9.98. The lowest BCUT2D eigenvalue weighted by atomic mass is 10.1. The van der Waals surface area contributed by atoms with Crippen LogP contribution in [0.5, 0.6) is 0 Å². The van der Waals surface area contributed by atoms with Crippen LogP contribution in [0.3, 0.4) is 0 Å². The molecule has 1 fully saturated rings. The lowest BCUT2D eigenvalue weighted by Gasteiger charge is -2.24. The molecule has 0 spiro atoms. The SMILES string of the molecule is CC(NC1CCCNC1=O)C(N)=O. The van der Waals surface area contributed by atoms with Crippen LogP contribution in [0.25, 0.3) is 0 Å². The molecular formula is C8H15N3O2. The Bertz CT molecular complexity index is 217. The van der Waals surface area contributed by atoms with Crippen LogP contribution in [0, 0.1) is 0 Å². The number of carbonyl (C=O) groups excluding carboxylic acids is 2. The first-order chi connectivity index (χ1) is 6.11. The molecule has 2 unspecified atom stereocenters. The number of hydrogen-bond acceptors (Lipinski definition) is 3. The van der Waals surface area contributed by atoms with E-state index >= 15 is 0 Å². The van der Waals surface area contributed by atoms with Crippen LogP contribution in [0.4, 0.5) is 0 Å². The third-order valence-electron chi connectivity index (χ3n) is 2.16. The highest BCUT2D eigenvalue weighted by molar-refractivity contribution is 5.84. The third-order valence-corrected chi connectivity index (χ3v) is 2.16. The van der Waals surface area contributed by atoms with Gasteiger partial charge in [0.15, 0.2) is 0 Å². The van der Waals surface area contributed by atoms with Gasteiger partial charge in [0, 0.05) is 6.54 Å². The van der Waals surface area contributed by atoms with Gasteiger partial charge in [-0.3, -0.25) is 14.9 Å². The number of piperidine rings is 1. The van der Waals surface area contributed by atoms with Gasteiger partial charge in [-0.1, -0.05) is 0 Å². The molecule has 1 rings (SSSR count). The molecule has 13 heavy (non-hydrogen) atoms. The van der Waals surface area contributed by atoms with Crippen LogP contribution in [0.2, 0.25) is 0 Å². The van der Waals surface area contributed by atoms with Gasteiger partial charge in [-0.05, 0) is 19.8 Å². The monoisotopic (exact) mass is 185 g/mol. The van der Waals surface area contributed by atoms with Gasteiger partial charge in [-0.15, -0.1) is 0 Å². The first-order valence-corrected chi connectivity index (χ1v) is 4.44. The van der Waals surface area contributed by atoms with Crippen LogP contribution >= 0.6 is 0 Å². The Morgan fingerprint density at radius 2 is 2.46 bits per heavy atom. The first-order valence-electron chi connectivity index (χ1n) is 4.44. The van der Waals surface area contributed by atoms with Gasteiger partial charge in [0.25, 0.3) is 0 Å². The zero-order valence-corrected chi connectivity index (χ0v) is 7.67. The predicted molar refractivity (Wildman–Crippen MR) is 47.8 cm³/mol. The Balaban J connectivity index is 2.42. The number of primary amides is 1. The van der Waals surface area contributed by atoms with Crippen molar-refractivity contribution in [2.75, 3.05) is 6.54 Å². The highest BCUT2D eigenvalue weighted by Crippen LogP contribution is 2.03. The van der Waals surface area contributed by atoms with Crippen LogP contribution in [0.1, 0.15) is 19.8 Å². The molecule has 1 saturated heterocycles. The Labute approximate surface area is 77.1 Å². The summed E-state index contributed by atoms with van der Waals surface area (Å²) < 4.78 is 0. The molecule has 2 atom stereocenters. The smallest absolute Gasteiger partial charge is 0.237 e. The minimum absolute atomic E-state index is 0.0423. The molecule has 0 aromatic heterocycles. The van der Waals surface area contributed by atoms with E-state index in [-0.39, 0.29) is 11.9 Å². The lowest BCUT2D eigenvalue weighted by molar-refractivity contribution is -0.125. The van der Waals surface area contributed by atoms with Crippen LogP contribution in [-0.2, 0) is 9.59 Å². The zero-order chi connectivity index (χ0) is 9.84. The van der Waals surface area contributed by atoms with Crippen molar-refractivity contribution in [3.05, 3.63) is 0 Å². The largest absolute Gasteiger partial charge is 0.368 e. The van der Waals surface area contributed by atoms with Gasteiger partial charge in [-0.25, -0.2) is 0 Å². The van der Waals surface area contributed by atoms with Crippen molar-refractivity contribution in [3.63, 3.8) is 0 Å². The normalized spacial score (nSPS) is 25.0. The minimum atomic E-state index is -0.450. The molecule has 4 N–H and O–H groups in total. The summed E-state index contributed by atoms with van der Waals surface area (Å²) in [5.41, 5.74) is 5.07. The summed E-state index contributed by atoms with van der Waals surface area (Å²) >= 11 is 0. The maximum Gasteiger partial charge on any atom is 0.237 e. The maximum atomic E-state index is 11.2. The van der Waals surface area contributed by atoms with Crippen molar-refractivity contribution >= 4 is 11.8 Å². The van der Waals surface area contributed by atoms with Gasteiger partial charge >= 0.3 is 0 Å². The van der Waals surface area contributed by atoms with Crippen molar-refractivity contribution < 1.29 is 9.59 Å². The summed E-state index contributed by atoms with van der Waals surface area (Å²) in [6, 6.07) is -0.718. The van der Waals surface area contributed by atoms with E-state index in [0.717, 1.165) is 19.4 Å². The Hall–Kier alpha value is -1.10. The van der Waals surface area contributed by atoms with Crippen molar-refractivity contribution in [2.24, 2.45) is 5.73 Å². The second-order valence-electron chi connectivity index (χ2n) is 3.28. The molecule has 1 aliphatic heterocycles. The molecule has 74 valence electrons. The molecule has 0 aliphatic carbocycles. The minimum Gasteiger partial charge on any atom is -0.368 e. The van der Waals surface area contributed by atoms with E-state index in [4.69, 9.17) is 5.73 Å². The fraction of sp³-hybridized carbons (Fsp3) is 0.750. The molecule has 5 nitrogen and oxygen atoms in total. The Morgan fingerprint density at radius 3 is 3.00 bits per heavy atom. The van der Waals surface area contributed by atoms with Gasteiger partial charge < -0.3 is 11.1 Å². The fourth-order valence-electron chi connectivity index (χ4n) is 1.31. The second kappa shape index (κ2) is 4.23. The summed E-state index contributed by atoms with van der Waals surface area (Å²) in [6.45, 7) is 2.38. The number of nitrogens with one attached hydrogen (secondary N) is 2. The number of hydrogen-bond donors (Lipinski definition) is 3. The second-order valence-corrected chi connectivity index (χ2v) is 3.28. The summed E-state index contributed by atoms with van der Waals surface area (Å²) in [4.78, 5) is 21.9. The van der Waals surface area contributed by atoms with Gasteiger partial charge in [0.2, 0.25) is 11.8 Å². The van der Waals surface area contributed by atoms with Gasteiger partial charge in [0.1, 0.15) is 0 Å². The van der Waals surface area contributed by atoms with Crippen molar-refractivity contribution in [1.82, 2.24) is 10.6 Å². The molecule has 1 aliphatic rings. The van der Waals surface area contributed by atoms with Crippen molar-refractivity contribution in [3.8, 4) is 0 Å². The van der Waals surface area contributed by atoms with Crippen LogP contribution in [-0.4, -0.2) is 30.4 Å². The molecule has 0 aromatic carbocycles. The maximum absolute atomic E-state index is 11.2. The molecule has 1 heterocycles. The average molecular weight is 185 g/mol. The molecule has 0 saturated carbocycles. The van der Waals surface area contributed by atoms with Crippen LogP contribution in [0.15, 0.2) is 0 Å². The number of rotatable bonds is 3. The summed E-state index contributed by atoms with van der Waals surface area (Å²) in [5.74, 6) is -0.474. The molecule has 2 amide bonds. The molecule has 0 bridgehead atoms. The molecular weight excluding hydrogens is 170 g/mol. The van der Waals surface area contributed by atoms with E-state index in [1.54, 1.807) is 6.92 Å². The molecule has 0 aromatic rings. The summed E-state index contributed by atoms with van der Waals surface area (Å²) in [5, 5.41) is 5.60. The van der Waals surface area contributed by atoms with Gasteiger partial charge in [0.05, 0.1) is 12.1 Å². The number of amides is 2. The predicted octanol–water partition coefficient (Wildman–Crippen LogP) is -1.27. The van der Waals surface area contributed by atoms with E-state index < -0.39 is 11.9 Å². The van der Waals surface area contributed by atoms with Gasteiger partial charge in [-0.2, -0.15) is 0 Å². The van der Waals surface area contributed by atoms with Crippen molar-refractivity contribution in [2.45, 2.75) is 31.8 Å². The highest BCUT2D eigenvalue weighted by atomic mass is 16.2. The van der Waals surface area contributed by atoms with E-state index in [1.807, 2.05) is 0 Å².